The molecule has 0 aliphatic carbocycles. The molecule has 1 fully saturated rings. The summed E-state index contributed by atoms with van der Waals surface area (Å²) in [6, 6.07) is 3.96. The SMILES string of the molecule is CCS(=O)(=O)c1ccc(Cl)cc1Cn1c(=O)[nH]c2c(Cl)c(CN3CCC[C@H](NC(=O)O)C3)c(C(F)(F)F)cc2c1=O. The number of aromatic amines is 1. The van der Waals surface area contributed by atoms with Gasteiger partial charge in [0.05, 0.1) is 38.7 Å². The summed E-state index contributed by atoms with van der Waals surface area (Å²) in [5.74, 6) is -0.276. The van der Waals surface area contributed by atoms with E-state index in [0.29, 0.717) is 30.0 Å². The van der Waals surface area contributed by atoms with Crippen molar-refractivity contribution in [2.45, 2.75) is 50.0 Å². The van der Waals surface area contributed by atoms with Crippen molar-refractivity contribution in [3.05, 3.63) is 71.8 Å². The number of alkyl halides is 3. The predicted octanol–water partition coefficient (Wildman–Crippen LogP) is 4.09. The molecule has 16 heteroatoms. The van der Waals surface area contributed by atoms with E-state index in [-0.39, 0.29) is 45.4 Å². The summed E-state index contributed by atoms with van der Waals surface area (Å²) in [6.07, 6.45) is -5.13. The average Bonchev–Trinajstić information content (AvgIpc) is 2.87. The number of carbonyl (C=O) groups is 1. The van der Waals surface area contributed by atoms with Crippen LogP contribution in [0.5, 0.6) is 0 Å². The number of carboxylic acid groups (broad SMARTS) is 1. The van der Waals surface area contributed by atoms with E-state index in [2.05, 4.69) is 10.3 Å². The number of nitrogens with one attached hydrogen (secondary N) is 2. The molecule has 222 valence electrons. The fraction of sp³-hybridized carbons (Fsp3) is 0.400. The molecule has 1 saturated heterocycles. The molecule has 0 radical (unpaired) electrons. The zero-order valence-electron chi connectivity index (χ0n) is 21.5. The maximum absolute atomic E-state index is 14.3. The van der Waals surface area contributed by atoms with Crippen LogP contribution in [0, 0.1) is 0 Å². The Kier molecular flexibility index (Phi) is 8.79. The Morgan fingerprint density at radius 3 is 2.54 bits per heavy atom. The van der Waals surface area contributed by atoms with Gasteiger partial charge >= 0.3 is 18.0 Å². The van der Waals surface area contributed by atoms with Crippen LogP contribution in [-0.4, -0.2) is 59.0 Å². The molecule has 2 aromatic carbocycles. The standard InChI is InChI=1S/C25H25Cl2F3N4O6S/c1-2-41(39,40)19-6-5-14(26)8-13(19)10-34-22(35)16-9-18(25(28,29)30)17(20(27)21(16)32-23(34)36)12-33-7-3-4-15(11-33)31-24(37)38/h5-6,8-9,15,31H,2-4,7,10-12H2,1H3,(H,32,36)(H,37,38)/t15-/m0/s1. The zero-order valence-corrected chi connectivity index (χ0v) is 23.8. The van der Waals surface area contributed by atoms with Gasteiger partial charge in [-0.15, -0.1) is 0 Å². The van der Waals surface area contributed by atoms with E-state index in [4.69, 9.17) is 28.3 Å². The third-order valence-corrected chi connectivity index (χ3v) is 9.39. The topological polar surface area (TPSA) is 142 Å². The summed E-state index contributed by atoms with van der Waals surface area (Å²) in [5, 5.41) is 10.5. The van der Waals surface area contributed by atoms with Crippen molar-refractivity contribution in [3.63, 3.8) is 0 Å². The van der Waals surface area contributed by atoms with Crippen LogP contribution in [0.3, 0.4) is 0 Å². The van der Waals surface area contributed by atoms with Gasteiger partial charge in [0.25, 0.3) is 5.56 Å². The Morgan fingerprint density at radius 2 is 1.90 bits per heavy atom. The van der Waals surface area contributed by atoms with E-state index in [1.807, 2.05) is 0 Å². The fourth-order valence-corrected chi connectivity index (χ4v) is 6.58. The van der Waals surface area contributed by atoms with Gasteiger partial charge in [0.15, 0.2) is 9.84 Å². The summed E-state index contributed by atoms with van der Waals surface area (Å²) < 4.78 is 68.5. The van der Waals surface area contributed by atoms with Crippen LogP contribution in [-0.2, 0) is 29.1 Å². The predicted molar refractivity (Wildman–Crippen MR) is 147 cm³/mol. The number of benzene rings is 2. The summed E-state index contributed by atoms with van der Waals surface area (Å²) in [6.45, 7) is 1.04. The van der Waals surface area contributed by atoms with Crippen molar-refractivity contribution in [2.75, 3.05) is 18.8 Å². The number of piperidine rings is 1. The Balaban J connectivity index is 1.84. The Morgan fingerprint density at radius 1 is 1.20 bits per heavy atom. The third kappa shape index (κ3) is 6.55. The first-order chi connectivity index (χ1) is 19.1. The Bertz CT molecular complexity index is 1740. The minimum Gasteiger partial charge on any atom is -0.465 e. The quantitative estimate of drug-likeness (QED) is 0.355. The average molecular weight is 637 g/mol. The highest BCUT2D eigenvalue weighted by molar-refractivity contribution is 7.91. The van der Waals surface area contributed by atoms with Gasteiger partial charge in [0.1, 0.15) is 0 Å². The molecular formula is C25H25Cl2F3N4O6S. The van der Waals surface area contributed by atoms with Crippen LogP contribution in [0.2, 0.25) is 10.0 Å². The van der Waals surface area contributed by atoms with Gasteiger partial charge in [-0.05, 0) is 54.8 Å². The molecule has 1 aliphatic rings. The Labute approximate surface area is 241 Å². The van der Waals surface area contributed by atoms with Gasteiger partial charge in [-0.3, -0.25) is 14.3 Å². The summed E-state index contributed by atoms with van der Waals surface area (Å²) in [5.41, 5.74) is -3.97. The molecule has 1 atom stereocenters. The molecular weight excluding hydrogens is 612 g/mol. The van der Waals surface area contributed by atoms with Gasteiger partial charge in [0.2, 0.25) is 0 Å². The molecule has 0 spiro atoms. The maximum Gasteiger partial charge on any atom is 0.416 e. The largest absolute Gasteiger partial charge is 0.465 e. The van der Waals surface area contributed by atoms with E-state index in [0.717, 1.165) is 0 Å². The molecule has 1 aromatic heterocycles. The van der Waals surface area contributed by atoms with Crippen molar-refractivity contribution in [1.29, 1.82) is 0 Å². The first-order valence-electron chi connectivity index (χ1n) is 12.4. The minimum absolute atomic E-state index is 0.0136. The lowest BCUT2D eigenvalue weighted by Gasteiger charge is -2.33. The molecule has 4 rings (SSSR count). The highest BCUT2D eigenvalue weighted by Gasteiger charge is 2.37. The summed E-state index contributed by atoms with van der Waals surface area (Å²) >= 11 is 12.4. The lowest BCUT2D eigenvalue weighted by Crippen LogP contribution is -2.47. The van der Waals surface area contributed by atoms with Crippen LogP contribution < -0.4 is 16.6 Å². The van der Waals surface area contributed by atoms with Gasteiger partial charge in [-0.1, -0.05) is 30.1 Å². The number of sulfone groups is 1. The van der Waals surface area contributed by atoms with Crippen molar-refractivity contribution < 1.29 is 31.5 Å². The van der Waals surface area contributed by atoms with Gasteiger partial charge < -0.3 is 15.4 Å². The molecule has 0 unspecified atom stereocenters. The van der Waals surface area contributed by atoms with E-state index >= 15 is 0 Å². The lowest BCUT2D eigenvalue weighted by molar-refractivity contribution is -0.138. The maximum atomic E-state index is 14.3. The molecule has 1 aliphatic heterocycles. The van der Waals surface area contributed by atoms with E-state index < -0.39 is 61.9 Å². The van der Waals surface area contributed by atoms with Crippen molar-refractivity contribution in [1.82, 2.24) is 19.8 Å². The van der Waals surface area contributed by atoms with E-state index in [1.165, 1.54) is 25.1 Å². The number of likely N-dealkylation sites (tertiary alicyclic amines) is 1. The van der Waals surface area contributed by atoms with Crippen LogP contribution in [0.25, 0.3) is 10.9 Å². The van der Waals surface area contributed by atoms with Crippen LogP contribution in [0.1, 0.15) is 36.5 Å². The Hall–Kier alpha value is -3.07. The molecule has 41 heavy (non-hydrogen) atoms. The normalized spacial score (nSPS) is 16.7. The number of hydrogen-bond donors (Lipinski definition) is 3. The van der Waals surface area contributed by atoms with E-state index in [1.54, 1.807) is 4.90 Å². The second-order valence-electron chi connectivity index (χ2n) is 9.64. The second-order valence-corrected chi connectivity index (χ2v) is 12.7. The lowest BCUT2D eigenvalue weighted by atomic mass is 10.0. The molecule has 3 N–H and O–H groups in total. The zero-order chi connectivity index (χ0) is 30.3. The van der Waals surface area contributed by atoms with Crippen molar-refractivity contribution >= 4 is 50.0 Å². The molecule has 0 saturated carbocycles. The summed E-state index contributed by atoms with van der Waals surface area (Å²) in [4.78, 5) is 41.3. The molecule has 1 amide bonds. The summed E-state index contributed by atoms with van der Waals surface area (Å²) in [7, 11) is -3.80. The van der Waals surface area contributed by atoms with Gasteiger partial charge in [0, 0.05) is 24.2 Å². The number of hydrogen-bond acceptors (Lipinski definition) is 6. The van der Waals surface area contributed by atoms with E-state index in [9.17, 15) is 36.0 Å². The first-order valence-corrected chi connectivity index (χ1v) is 14.8. The number of rotatable bonds is 7. The number of amides is 1. The fourth-order valence-electron chi connectivity index (χ4n) is 4.96. The highest BCUT2D eigenvalue weighted by Crippen LogP contribution is 2.39. The minimum atomic E-state index is -4.93. The van der Waals surface area contributed by atoms with Crippen molar-refractivity contribution in [2.24, 2.45) is 0 Å². The smallest absolute Gasteiger partial charge is 0.416 e. The first kappa shape index (κ1) is 30.9. The molecule has 10 nitrogen and oxygen atoms in total. The molecule has 0 bridgehead atoms. The number of nitrogens with zero attached hydrogens (tertiary/aromatic N) is 2. The van der Waals surface area contributed by atoms with Crippen molar-refractivity contribution in [3.8, 4) is 0 Å². The monoisotopic (exact) mass is 636 g/mol. The second kappa shape index (κ2) is 11.7. The van der Waals surface area contributed by atoms with Crippen LogP contribution >= 0.6 is 23.2 Å². The van der Waals surface area contributed by atoms with Crippen LogP contribution in [0.15, 0.2) is 38.8 Å². The molecule has 3 aromatic rings. The number of fused-ring (bicyclic) bond motifs is 1. The van der Waals surface area contributed by atoms with Crippen LogP contribution in [0.4, 0.5) is 18.0 Å². The molecule has 2 heterocycles. The highest BCUT2D eigenvalue weighted by atomic mass is 35.5. The number of halogens is 5. The number of aromatic nitrogens is 2. The third-order valence-electron chi connectivity index (χ3n) is 6.91. The van der Waals surface area contributed by atoms with Gasteiger partial charge in [-0.2, -0.15) is 13.2 Å². The van der Waals surface area contributed by atoms with Gasteiger partial charge in [-0.25, -0.2) is 18.0 Å². The number of H-pyrrole nitrogens is 1.